The molecule has 0 bridgehead atoms. The number of aromatic hydroxyl groups is 1. The van der Waals surface area contributed by atoms with E-state index in [1.54, 1.807) is 12.1 Å². The number of rotatable bonds is 8. The Balaban J connectivity index is 1.74. The van der Waals surface area contributed by atoms with Gasteiger partial charge in [-0.2, -0.15) is 9.41 Å². The molecule has 10 heteroatoms. The molecule has 0 spiro atoms. The summed E-state index contributed by atoms with van der Waals surface area (Å²) in [4.78, 5) is 12.2. The van der Waals surface area contributed by atoms with E-state index in [4.69, 9.17) is 9.47 Å². The van der Waals surface area contributed by atoms with Crippen LogP contribution < -0.4 is 14.9 Å². The van der Waals surface area contributed by atoms with Gasteiger partial charge in [-0.3, -0.25) is 4.79 Å². The van der Waals surface area contributed by atoms with Gasteiger partial charge in [0.05, 0.1) is 27.0 Å². The second-order valence-electron chi connectivity index (χ2n) is 6.79. The van der Waals surface area contributed by atoms with Crippen LogP contribution in [0.5, 0.6) is 17.2 Å². The van der Waals surface area contributed by atoms with Crippen LogP contribution >= 0.6 is 0 Å². The molecule has 168 valence electrons. The molecule has 3 aromatic rings. The van der Waals surface area contributed by atoms with Crippen molar-refractivity contribution in [2.75, 3.05) is 27.8 Å². The highest BCUT2D eigenvalue weighted by atomic mass is 32.2. The molecule has 0 aliphatic rings. The summed E-state index contributed by atoms with van der Waals surface area (Å²) < 4.78 is 37.0. The largest absolute Gasteiger partial charge is 0.507 e. The minimum atomic E-state index is -4.05. The summed E-state index contributed by atoms with van der Waals surface area (Å²) in [5.41, 5.74) is 2.72. The Hall–Kier alpha value is -3.63. The normalized spacial score (nSPS) is 11.8. The third kappa shape index (κ3) is 4.82. The lowest BCUT2D eigenvalue weighted by Gasteiger charge is -2.18. The smallest absolute Gasteiger partial charge is 0.255 e. The molecule has 0 radical (unpaired) electrons. The first-order valence-electron chi connectivity index (χ1n) is 9.49. The monoisotopic (exact) mass is 457 g/mol. The average Bonchev–Trinajstić information content (AvgIpc) is 2.79. The highest BCUT2D eigenvalue weighted by Crippen LogP contribution is 2.30. The van der Waals surface area contributed by atoms with Crippen LogP contribution in [0, 0.1) is 0 Å². The summed E-state index contributed by atoms with van der Waals surface area (Å²) in [5.74, 6) is -0.190. The number of amides is 1. The highest BCUT2D eigenvalue weighted by molar-refractivity contribution is 7.89. The van der Waals surface area contributed by atoms with Crippen LogP contribution in [0.4, 0.5) is 0 Å². The number of likely N-dealkylation sites (N-methyl/N-ethyl adjacent to an activating group) is 1. The van der Waals surface area contributed by atoms with E-state index in [9.17, 15) is 18.3 Å². The Bertz CT molecular complexity index is 1270. The molecule has 9 nitrogen and oxygen atoms in total. The van der Waals surface area contributed by atoms with Crippen LogP contribution in [0.3, 0.4) is 0 Å². The van der Waals surface area contributed by atoms with E-state index in [0.717, 1.165) is 15.1 Å². The minimum Gasteiger partial charge on any atom is -0.507 e. The zero-order chi connectivity index (χ0) is 23.3. The van der Waals surface area contributed by atoms with Crippen LogP contribution in [0.15, 0.2) is 64.6 Å². The Morgan fingerprint density at radius 3 is 2.59 bits per heavy atom. The molecule has 3 aromatic carbocycles. The van der Waals surface area contributed by atoms with Gasteiger partial charge in [0.15, 0.2) is 0 Å². The number of hydrazone groups is 1. The van der Waals surface area contributed by atoms with Crippen molar-refractivity contribution in [3.05, 3.63) is 60.2 Å². The molecule has 0 aliphatic heterocycles. The van der Waals surface area contributed by atoms with Crippen molar-refractivity contribution in [3.8, 4) is 17.2 Å². The molecule has 3 rings (SSSR count). The molecule has 0 heterocycles. The molecule has 0 unspecified atom stereocenters. The quantitative estimate of drug-likeness (QED) is 0.396. The lowest BCUT2D eigenvalue weighted by atomic mass is 10.0. The fourth-order valence-electron chi connectivity index (χ4n) is 3.06. The van der Waals surface area contributed by atoms with Crippen LogP contribution in [0.1, 0.15) is 5.56 Å². The van der Waals surface area contributed by atoms with Crippen molar-refractivity contribution in [2.45, 2.75) is 4.90 Å². The van der Waals surface area contributed by atoms with E-state index in [0.29, 0.717) is 11.3 Å². The maximum Gasteiger partial charge on any atom is 0.255 e. The molecule has 0 saturated heterocycles. The predicted octanol–water partition coefficient (Wildman–Crippen LogP) is 2.33. The van der Waals surface area contributed by atoms with Crippen molar-refractivity contribution in [1.82, 2.24) is 9.73 Å². The van der Waals surface area contributed by atoms with Crippen molar-refractivity contribution in [3.63, 3.8) is 0 Å². The Morgan fingerprint density at radius 1 is 1.12 bits per heavy atom. The molecule has 0 saturated carbocycles. The van der Waals surface area contributed by atoms with Gasteiger partial charge in [0.25, 0.3) is 5.91 Å². The summed E-state index contributed by atoms with van der Waals surface area (Å²) in [6, 6.07) is 15.1. The summed E-state index contributed by atoms with van der Waals surface area (Å²) in [7, 11) is -0.00469. The van der Waals surface area contributed by atoms with E-state index in [1.807, 2.05) is 24.3 Å². The zero-order valence-electron chi connectivity index (χ0n) is 17.8. The summed E-state index contributed by atoms with van der Waals surface area (Å²) >= 11 is 0. The van der Waals surface area contributed by atoms with Crippen LogP contribution in [-0.4, -0.2) is 57.8 Å². The standard InChI is InChI=1S/C22H23N3O6S/c1-25(32(28,29)21-12-16(30-2)9-11-20(21)31-3)14-22(27)24-23-13-18-17-7-5-4-6-15(17)8-10-19(18)26/h4-13,26H,14H2,1-3H3,(H,24,27). The number of benzene rings is 3. The number of hydrogen-bond acceptors (Lipinski definition) is 7. The lowest BCUT2D eigenvalue weighted by molar-refractivity contribution is -0.121. The van der Waals surface area contributed by atoms with Gasteiger partial charge in [0, 0.05) is 18.7 Å². The number of phenolic OH excluding ortho intramolecular Hbond substituents is 1. The zero-order valence-corrected chi connectivity index (χ0v) is 18.6. The fraction of sp³-hybridized carbons (Fsp3) is 0.182. The minimum absolute atomic E-state index is 0.00603. The van der Waals surface area contributed by atoms with Gasteiger partial charge in [-0.05, 0) is 29.0 Å². The van der Waals surface area contributed by atoms with Crippen LogP contribution in [-0.2, 0) is 14.8 Å². The van der Waals surface area contributed by atoms with Gasteiger partial charge in [-0.1, -0.05) is 30.3 Å². The molecule has 0 fully saturated rings. The van der Waals surface area contributed by atoms with Gasteiger partial charge in [-0.15, -0.1) is 0 Å². The molecule has 1 amide bonds. The van der Waals surface area contributed by atoms with Gasteiger partial charge >= 0.3 is 0 Å². The molecule has 32 heavy (non-hydrogen) atoms. The molecule has 0 atom stereocenters. The highest BCUT2D eigenvalue weighted by Gasteiger charge is 2.27. The summed E-state index contributed by atoms with van der Waals surface area (Å²) in [6.45, 7) is -0.485. The second-order valence-corrected chi connectivity index (χ2v) is 8.80. The average molecular weight is 458 g/mol. The number of nitrogens with zero attached hydrogens (tertiary/aromatic N) is 2. The maximum atomic E-state index is 12.9. The molecular weight excluding hydrogens is 434 g/mol. The molecule has 2 N–H and O–H groups in total. The molecular formula is C22H23N3O6S. The van der Waals surface area contributed by atoms with E-state index in [2.05, 4.69) is 10.5 Å². The van der Waals surface area contributed by atoms with Gasteiger partial charge in [0.2, 0.25) is 10.0 Å². The number of carbonyl (C=O) groups excluding carboxylic acids is 1. The van der Waals surface area contributed by atoms with Crippen molar-refractivity contribution in [1.29, 1.82) is 0 Å². The third-order valence-corrected chi connectivity index (χ3v) is 6.58. The Morgan fingerprint density at radius 2 is 1.88 bits per heavy atom. The number of hydrogen-bond donors (Lipinski definition) is 2. The number of sulfonamides is 1. The van der Waals surface area contributed by atoms with Gasteiger partial charge < -0.3 is 14.6 Å². The second kappa shape index (κ2) is 9.67. The van der Waals surface area contributed by atoms with Gasteiger partial charge in [-0.25, -0.2) is 13.8 Å². The Labute approximate surface area is 185 Å². The third-order valence-electron chi connectivity index (χ3n) is 4.76. The number of phenols is 1. The van der Waals surface area contributed by atoms with E-state index in [1.165, 1.54) is 45.7 Å². The Kier molecular flexibility index (Phi) is 6.96. The first-order valence-corrected chi connectivity index (χ1v) is 10.9. The van der Waals surface area contributed by atoms with Crippen molar-refractivity contribution >= 4 is 32.9 Å². The van der Waals surface area contributed by atoms with E-state index < -0.39 is 22.5 Å². The topological polar surface area (TPSA) is 118 Å². The van der Waals surface area contributed by atoms with Crippen molar-refractivity contribution < 1.29 is 27.8 Å². The lowest BCUT2D eigenvalue weighted by Crippen LogP contribution is -2.36. The predicted molar refractivity (Wildman–Crippen MR) is 121 cm³/mol. The van der Waals surface area contributed by atoms with Crippen LogP contribution in [0.2, 0.25) is 0 Å². The van der Waals surface area contributed by atoms with E-state index >= 15 is 0 Å². The van der Waals surface area contributed by atoms with E-state index in [-0.39, 0.29) is 16.4 Å². The first kappa shape index (κ1) is 23.0. The summed E-state index contributed by atoms with van der Waals surface area (Å²) in [5, 5.41) is 15.7. The van der Waals surface area contributed by atoms with Crippen molar-refractivity contribution in [2.24, 2.45) is 5.10 Å². The summed E-state index contributed by atoms with van der Waals surface area (Å²) in [6.07, 6.45) is 1.31. The van der Waals surface area contributed by atoms with Crippen LogP contribution in [0.25, 0.3) is 10.8 Å². The molecule has 0 aliphatic carbocycles. The SMILES string of the molecule is COc1ccc(OC)c(S(=O)(=O)N(C)CC(=O)NN=Cc2c(O)ccc3ccccc23)c1. The maximum absolute atomic E-state index is 12.9. The molecule has 0 aromatic heterocycles. The number of ether oxygens (including phenoxy) is 2. The number of methoxy groups -OCH3 is 2. The number of nitrogens with one attached hydrogen (secondary N) is 1. The number of fused-ring (bicyclic) bond motifs is 1. The van der Waals surface area contributed by atoms with Gasteiger partial charge in [0.1, 0.15) is 22.1 Å². The first-order chi connectivity index (χ1) is 15.3. The number of carbonyl (C=O) groups is 1. The fourth-order valence-corrected chi connectivity index (χ4v) is 4.36.